The van der Waals surface area contributed by atoms with Crippen molar-refractivity contribution in [1.82, 2.24) is 4.90 Å². The summed E-state index contributed by atoms with van der Waals surface area (Å²) in [7, 11) is 0. The molecule has 2 aromatic rings. The molecule has 1 fully saturated rings. The van der Waals surface area contributed by atoms with E-state index in [2.05, 4.69) is 15.9 Å². The SMILES string of the molecule is NC(=O)COc1ccc(C=C2SC(=O)N(Cc3ccc(Br)cc3)C2=O)cc1. The maximum Gasteiger partial charge on any atom is 0.293 e. The number of carbonyl (C=O) groups excluding carboxylic acids is 3. The Bertz CT molecular complexity index is 910. The molecule has 0 radical (unpaired) electrons. The molecule has 8 heteroatoms. The summed E-state index contributed by atoms with van der Waals surface area (Å²) in [6.07, 6.45) is 1.66. The number of halogens is 1. The molecule has 1 aliphatic rings. The van der Waals surface area contributed by atoms with Crippen LogP contribution in [0, 0.1) is 0 Å². The summed E-state index contributed by atoms with van der Waals surface area (Å²) in [6, 6.07) is 14.3. The molecule has 6 nitrogen and oxygen atoms in total. The molecule has 0 atom stereocenters. The number of rotatable bonds is 6. The van der Waals surface area contributed by atoms with Gasteiger partial charge in [-0.3, -0.25) is 19.3 Å². The van der Waals surface area contributed by atoms with E-state index in [1.54, 1.807) is 30.3 Å². The monoisotopic (exact) mass is 446 g/mol. The van der Waals surface area contributed by atoms with Crippen molar-refractivity contribution in [1.29, 1.82) is 0 Å². The van der Waals surface area contributed by atoms with Crippen LogP contribution < -0.4 is 10.5 Å². The second-order valence-electron chi connectivity index (χ2n) is 5.72. The van der Waals surface area contributed by atoms with Crippen molar-refractivity contribution in [2.45, 2.75) is 6.54 Å². The zero-order valence-electron chi connectivity index (χ0n) is 14.1. The van der Waals surface area contributed by atoms with Crippen LogP contribution in [0.1, 0.15) is 11.1 Å². The zero-order valence-corrected chi connectivity index (χ0v) is 16.5. The Labute approximate surface area is 168 Å². The molecule has 138 valence electrons. The van der Waals surface area contributed by atoms with Gasteiger partial charge in [-0.2, -0.15) is 0 Å². The number of nitrogens with two attached hydrogens (primary N) is 1. The van der Waals surface area contributed by atoms with Gasteiger partial charge >= 0.3 is 0 Å². The predicted molar refractivity (Wildman–Crippen MR) is 107 cm³/mol. The average Bonchev–Trinajstić information content (AvgIpc) is 2.90. The molecule has 3 rings (SSSR count). The minimum atomic E-state index is -0.557. The standard InChI is InChI=1S/C19H15BrN2O4S/c20-14-5-1-13(2-6-14)10-22-18(24)16(27-19(22)25)9-12-3-7-15(8-4-12)26-11-17(21)23/h1-9H,10-11H2,(H2,21,23). The van der Waals surface area contributed by atoms with Crippen LogP contribution in [0.3, 0.4) is 0 Å². The lowest BCUT2D eigenvalue weighted by Gasteiger charge is -2.12. The first-order valence-electron chi connectivity index (χ1n) is 7.93. The maximum absolute atomic E-state index is 12.6. The van der Waals surface area contributed by atoms with Crippen molar-refractivity contribution in [2.24, 2.45) is 5.73 Å². The summed E-state index contributed by atoms with van der Waals surface area (Å²) in [5, 5.41) is -0.296. The highest BCUT2D eigenvalue weighted by atomic mass is 79.9. The van der Waals surface area contributed by atoms with Crippen LogP contribution in [-0.2, 0) is 16.1 Å². The van der Waals surface area contributed by atoms with E-state index in [1.807, 2.05) is 24.3 Å². The molecule has 2 aromatic carbocycles. The van der Waals surface area contributed by atoms with Crippen LogP contribution in [0.2, 0.25) is 0 Å². The van der Waals surface area contributed by atoms with E-state index in [4.69, 9.17) is 10.5 Å². The molecule has 3 amide bonds. The highest BCUT2D eigenvalue weighted by Crippen LogP contribution is 2.33. The molecule has 1 aliphatic heterocycles. The fourth-order valence-electron chi connectivity index (χ4n) is 2.37. The van der Waals surface area contributed by atoms with E-state index in [-0.39, 0.29) is 24.3 Å². The quantitative estimate of drug-likeness (QED) is 0.685. The fourth-order valence-corrected chi connectivity index (χ4v) is 3.48. The molecular formula is C19H15BrN2O4S. The minimum Gasteiger partial charge on any atom is -0.484 e. The van der Waals surface area contributed by atoms with E-state index >= 15 is 0 Å². The number of carbonyl (C=O) groups is 3. The van der Waals surface area contributed by atoms with Crippen LogP contribution in [0.15, 0.2) is 57.9 Å². The van der Waals surface area contributed by atoms with Gasteiger partial charge in [0.2, 0.25) is 0 Å². The van der Waals surface area contributed by atoms with Gasteiger partial charge in [0, 0.05) is 4.47 Å². The molecule has 0 aromatic heterocycles. The lowest BCUT2D eigenvalue weighted by Crippen LogP contribution is -2.27. The summed E-state index contributed by atoms with van der Waals surface area (Å²) < 4.78 is 6.12. The Morgan fingerprint density at radius 1 is 1.11 bits per heavy atom. The second kappa shape index (κ2) is 8.41. The molecule has 0 spiro atoms. The first kappa shape index (κ1) is 19.2. The van der Waals surface area contributed by atoms with Crippen molar-refractivity contribution >= 4 is 50.8 Å². The number of thioether (sulfide) groups is 1. The Balaban J connectivity index is 1.70. The molecule has 0 saturated carbocycles. The lowest BCUT2D eigenvalue weighted by atomic mass is 10.2. The first-order valence-corrected chi connectivity index (χ1v) is 9.54. The van der Waals surface area contributed by atoms with Crippen molar-refractivity contribution in [3.63, 3.8) is 0 Å². The molecule has 0 unspecified atom stereocenters. The number of amides is 3. The molecule has 27 heavy (non-hydrogen) atoms. The van der Waals surface area contributed by atoms with Crippen molar-refractivity contribution in [2.75, 3.05) is 6.61 Å². The molecule has 0 aliphatic carbocycles. The van der Waals surface area contributed by atoms with Crippen LogP contribution in [-0.4, -0.2) is 28.6 Å². The highest BCUT2D eigenvalue weighted by molar-refractivity contribution is 9.10. The van der Waals surface area contributed by atoms with Crippen molar-refractivity contribution in [3.8, 4) is 5.75 Å². The smallest absolute Gasteiger partial charge is 0.293 e. The Morgan fingerprint density at radius 3 is 2.41 bits per heavy atom. The molecular weight excluding hydrogens is 432 g/mol. The van der Waals surface area contributed by atoms with Crippen LogP contribution >= 0.6 is 27.7 Å². The van der Waals surface area contributed by atoms with E-state index in [0.717, 1.165) is 27.4 Å². The topological polar surface area (TPSA) is 89.7 Å². The van der Waals surface area contributed by atoms with Crippen molar-refractivity contribution < 1.29 is 19.1 Å². The Morgan fingerprint density at radius 2 is 1.78 bits per heavy atom. The number of imide groups is 1. The van der Waals surface area contributed by atoms with E-state index < -0.39 is 5.91 Å². The fraction of sp³-hybridized carbons (Fsp3) is 0.105. The van der Waals surface area contributed by atoms with Crippen LogP contribution in [0.5, 0.6) is 5.75 Å². The summed E-state index contributed by atoms with van der Waals surface area (Å²) in [6.45, 7) is 0.0312. The van der Waals surface area contributed by atoms with Gasteiger partial charge in [-0.15, -0.1) is 0 Å². The van der Waals surface area contributed by atoms with E-state index in [0.29, 0.717) is 10.7 Å². The summed E-state index contributed by atoms with van der Waals surface area (Å²) in [5.41, 5.74) is 6.65. The third-order valence-electron chi connectivity index (χ3n) is 3.69. The Hall–Kier alpha value is -2.58. The van der Waals surface area contributed by atoms with E-state index in [1.165, 1.54) is 4.90 Å². The third kappa shape index (κ3) is 4.99. The lowest BCUT2D eigenvalue weighted by molar-refractivity contribution is -0.123. The van der Waals surface area contributed by atoms with Crippen LogP contribution in [0.25, 0.3) is 6.08 Å². The minimum absolute atomic E-state index is 0.200. The molecule has 2 N–H and O–H groups in total. The van der Waals surface area contributed by atoms with Crippen LogP contribution in [0.4, 0.5) is 4.79 Å². The molecule has 1 saturated heterocycles. The number of primary amides is 1. The first-order chi connectivity index (χ1) is 12.9. The zero-order chi connectivity index (χ0) is 19.4. The number of hydrogen-bond acceptors (Lipinski definition) is 5. The van der Waals surface area contributed by atoms with Gasteiger partial charge in [0.1, 0.15) is 5.75 Å². The number of benzene rings is 2. The molecule has 1 heterocycles. The highest BCUT2D eigenvalue weighted by Gasteiger charge is 2.34. The van der Waals surface area contributed by atoms with E-state index in [9.17, 15) is 14.4 Å². The third-order valence-corrected chi connectivity index (χ3v) is 5.12. The van der Waals surface area contributed by atoms with Gasteiger partial charge < -0.3 is 10.5 Å². The van der Waals surface area contributed by atoms with Crippen molar-refractivity contribution in [3.05, 3.63) is 69.0 Å². The molecule has 0 bridgehead atoms. The number of hydrogen-bond donors (Lipinski definition) is 1. The van der Waals surface area contributed by atoms with Gasteiger partial charge in [0.15, 0.2) is 6.61 Å². The summed E-state index contributed by atoms with van der Waals surface area (Å²) >= 11 is 4.27. The largest absolute Gasteiger partial charge is 0.484 e. The maximum atomic E-state index is 12.6. The van der Waals surface area contributed by atoms with Gasteiger partial charge in [-0.05, 0) is 53.2 Å². The summed E-state index contributed by atoms with van der Waals surface area (Å²) in [5.74, 6) is -0.380. The normalized spacial score (nSPS) is 15.4. The summed E-state index contributed by atoms with van der Waals surface area (Å²) in [4.78, 5) is 37.1. The predicted octanol–water partition coefficient (Wildman–Crippen LogP) is 3.55. The number of ether oxygens (including phenoxy) is 1. The van der Waals surface area contributed by atoms with Gasteiger partial charge in [0.25, 0.3) is 17.1 Å². The van der Waals surface area contributed by atoms with Gasteiger partial charge in [-0.1, -0.05) is 40.2 Å². The second-order valence-corrected chi connectivity index (χ2v) is 7.63. The Kier molecular flexibility index (Phi) is 5.98. The van der Waals surface area contributed by atoms with Gasteiger partial charge in [-0.25, -0.2) is 0 Å². The van der Waals surface area contributed by atoms with Gasteiger partial charge in [0.05, 0.1) is 11.4 Å². The average molecular weight is 447 g/mol. The number of nitrogens with zero attached hydrogens (tertiary/aromatic N) is 1.